The number of hydrogen-bond acceptors (Lipinski definition) is 2. The number of halogens is 1. The zero-order valence-corrected chi connectivity index (χ0v) is 11.6. The van der Waals surface area contributed by atoms with Crippen molar-refractivity contribution in [1.82, 2.24) is 4.98 Å². The molecular formula is C13H12BrNO3. The van der Waals surface area contributed by atoms with Gasteiger partial charge in [0.15, 0.2) is 0 Å². The number of aromatic nitrogens is 1. The fraction of sp³-hybridized carbons (Fsp3) is 0.231. The van der Waals surface area contributed by atoms with Crippen LogP contribution < -0.4 is 5.56 Å². The first kappa shape index (κ1) is 12.8. The SMILES string of the molecule is CCc1c(C(=O)O)c2cc(C)cc(Br)c2[nH]c1=O. The second kappa shape index (κ2) is 4.57. The number of pyridine rings is 1. The molecule has 0 radical (unpaired) electrons. The molecule has 1 aromatic heterocycles. The Morgan fingerprint density at radius 3 is 2.67 bits per heavy atom. The maximum atomic E-state index is 11.9. The third-order valence-corrected chi connectivity index (χ3v) is 3.51. The summed E-state index contributed by atoms with van der Waals surface area (Å²) >= 11 is 3.35. The van der Waals surface area contributed by atoms with E-state index in [2.05, 4.69) is 20.9 Å². The van der Waals surface area contributed by atoms with E-state index in [9.17, 15) is 14.7 Å². The lowest BCUT2D eigenvalue weighted by Crippen LogP contribution is -2.18. The number of fused-ring (bicyclic) bond motifs is 1. The number of aryl methyl sites for hydroxylation is 1. The maximum Gasteiger partial charge on any atom is 0.336 e. The van der Waals surface area contributed by atoms with Gasteiger partial charge in [-0.05, 0) is 47.0 Å². The molecule has 2 N–H and O–H groups in total. The van der Waals surface area contributed by atoms with E-state index < -0.39 is 5.97 Å². The van der Waals surface area contributed by atoms with Gasteiger partial charge in [0.05, 0.1) is 11.1 Å². The fourth-order valence-electron chi connectivity index (χ4n) is 2.11. The zero-order valence-electron chi connectivity index (χ0n) is 10.0. The highest BCUT2D eigenvalue weighted by Crippen LogP contribution is 2.27. The Hall–Kier alpha value is -1.62. The van der Waals surface area contributed by atoms with Crippen molar-refractivity contribution in [3.05, 3.63) is 43.6 Å². The van der Waals surface area contributed by atoms with Gasteiger partial charge in [0.1, 0.15) is 0 Å². The summed E-state index contributed by atoms with van der Waals surface area (Å²) in [5.74, 6) is -1.07. The minimum Gasteiger partial charge on any atom is -0.478 e. The molecule has 0 atom stereocenters. The molecule has 1 heterocycles. The summed E-state index contributed by atoms with van der Waals surface area (Å²) in [6, 6.07) is 3.62. The third kappa shape index (κ3) is 1.95. The first-order chi connectivity index (χ1) is 8.45. The lowest BCUT2D eigenvalue weighted by molar-refractivity contribution is 0.0697. The summed E-state index contributed by atoms with van der Waals surface area (Å²) in [6.45, 7) is 3.65. The van der Waals surface area contributed by atoms with Crippen LogP contribution in [-0.2, 0) is 6.42 Å². The zero-order chi connectivity index (χ0) is 13.4. The highest BCUT2D eigenvalue weighted by atomic mass is 79.9. The number of carboxylic acids is 1. The van der Waals surface area contributed by atoms with Gasteiger partial charge in [0.2, 0.25) is 0 Å². The quantitative estimate of drug-likeness (QED) is 0.896. The van der Waals surface area contributed by atoms with Crippen LogP contribution in [0.25, 0.3) is 10.9 Å². The maximum absolute atomic E-state index is 11.9. The van der Waals surface area contributed by atoms with Crippen molar-refractivity contribution < 1.29 is 9.90 Å². The van der Waals surface area contributed by atoms with Crippen LogP contribution in [0.4, 0.5) is 0 Å². The predicted octanol–water partition coefficient (Wildman–Crippen LogP) is 2.86. The molecule has 0 aliphatic rings. The van der Waals surface area contributed by atoms with Crippen LogP contribution >= 0.6 is 15.9 Å². The first-order valence-electron chi connectivity index (χ1n) is 5.54. The van der Waals surface area contributed by atoms with Gasteiger partial charge in [-0.25, -0.2) is 4.79 Å². The lowest BCUT2D eigenvalue weighted by Gasteiger charge is -2.09. The predicted molar refractivity (Wildman–Crippen MR) is 73.3 cm³/mol. The number of aromatic carboxylic acids is 1. The van der Waals surface area contributed by atoms with Crippen molar-refractivity contribution >= 4 is 32.8 Å². The van der Waals surface area contributed by atoms with Crippen molar-refractivity contribution in [2.24, 2.45) is 0 Å². The van der Waals surface area contributed by atoms with Crippen LogP contribution in [0.15, 0.2) is 21.4 Å². The molecular weight excluding hydrogens is 298 g/mol. The molecule has 0 unspecified atom stereocenters. The number of rotatable bonds is 2. The number of carboxylic acid groups (broad SMARTS) is 1. The molecule has 18 heavy (non-hydrogen) atoms. The average molecular weight is 310 g/mol. The van der Waals surface area contributed by atoms with Crippen molar-refractivity contribution in [3.63, 3.8) is 0 Å². The highest BCUT2D eigenvalue weighted by Gasteiger charge is 2.18. The van der Waals surface area contributed by atoms with Gasteiger partial charge in [-0.1, -0.05) is 6.92 Å². The summed E-state index contributed by atoms with van der Waals surface area (Å²) in [5, 5.41) is 9.89. The molecule has 1 aromatic carbocycles. The van der Waals surface area contributed by atoms with E-state index in [0.717, 1.165) is 5.56 Å². The summed E-state index contributed by atoms with van der Waals surface area (Å²) in [5.41, 5.74) is 1.53. The molecule has 0 bridgehead atoms. The monoisotopic (exact) mass is 309 g/mol. The molecule has 0 spiro atoms. The van der Waals surface area contributed by atoms with Crippen LogP contribution in [-0.4, -0.2) is 16.1 Å². The largest absolute Gasteiger partial charge is 0.478 e. The molecule has 2 rings (SSSR count). The van der Waals surface area contributed by atoms with E-state index in [1.54, 1.807) is 13.0 Å². The minimum absolute atomic E-state index is 0.0978. The van der Waals surface area contributed by atoms with Crippen LogP contribution in [0, 0.1) is 6.92 Å². The molecule has 0 amide bonds. The second-order valence-corrected chi connectivity index (χ2v) is 4.99. The second-order valence-electron chi connectivity index (χ2n) is 4.14. The van der Waals surface area contributed by atoms with Gasteiger partial charge in [-0.2, -0.15) is 0 Å². The van der Waals surface area contributed by atoms with E-state index in [1.807, 2.05) is 13.0 Å². The molecule has 0 aliphatic heterocycles. The Kier molecular flexibility index (Phi) is 3.26. The standard InChI is InChI=1S/C13H12BrNO3/c1-3-7-10(13(17)18)8-4-6(2)5-9(14)11(8)15-12(7)16/h4-5H,3H2,1-2H3,(H,15,16)(H,17,18). The Morgan fingerprint density at radius 1 is 1.44 bits per heavy atom. The number of carbonyl (C=O) groups is 1. The van der Waals surface area contributed by atoms with E-state index in [4.69, 9.17) is 0 Å². The topological polar surface area (TPSA) is 70.2 Å². The summed E-state index contributed by atoms with van der Waals surface area (Å²) in [4.78, 5) is 26.0. The van der Waals surface area contributed by atoms with Crippen molar-refractivity contribution in [3.8, 4) is 0 Å². The average Bonchev–Trinajstić information content (AvgIpc) is 2.28. The number of benzene rings is 1. The Balaban J connectivity index is 3.06. The number of nitrogens with one attached hydrogen (secondary N) is 1. The summed E-state index contributed by atoms with van der Waals surface area (Å²) in [7, 11) is 0. The summed E-state index contributed by atoms with van der Waals surface area (Å²) < 4.78 is 0.694. The highest BCUT2D eigenvalue weighted by molar-refractivity contribution is 9.10. The first-order valence-corrected chi connectivity index (χ1v) is 6.33. The smallest absolute Gasteiger partial charge is 0.336 e. The van der Waals surface area contributed by atoms with E-state index in [1.165, 1.54) is 0 Å². The Bertz CT molecular complexity index is 703. The molecule has 0 saturated heterocycles. The van der Waals surface area contributed by atoms with Crippen LogP contribution in [0.2, 0.25) is 0 Å². The number of hydrogen-bond donors (Lipinski definition) is 2. The molecule has 0 aliphatic carbocycles. The van der Waals surface area contributed by atoms with Gasteiger partial charge in [-0.3, -0.25) is 4.79 Å². The van der Waals surface area contributed by atoms with Gasteiger partial charge in [0, 0.05) is 15.4 Å². The van der Waals surface area contributed by atoms with Crippen molar-refractivity contribution in [1.29, 1.82) is 0 Å². The molecule has 94 valence electrons. The number of aromatic amines is 1. The van der Waals surface area contributed by atoms with Gasteiger partial charge < -0.3 is 10.1 Å². The normalized spacial score (nSPS) is 10.8. The Labute approximate surface area is 112 Å². The number of H-pyrrole nitrogens is 1. The Morgan fingerprint density at radius 2 is 2.11 bits per heavy atom. The van der Waals surface area contributed by atoms with Crippen LogP contribution in [0.3, 0.4) is 0 Å². The fourth-order valence-corrected chi connectivity index (χ4v) is 2.79. The van der Waals surface area contributed by atoms with Crippen molar-refractivity contribution in [2.45, 2.75) is 20.3 Å². The molecule has 5 heteroatoms. The van der Waals surface area contributed by atoms with Gasteiger partial charge >= 0.3 is 5.97 Å². The van der Waals surface area contributed by atoms with Gasteiger partial charge in [0.25, 0.3) is 5.56 Å². The minimum atomic E-state index is -1.07. The summed E-state index contributed by atoms with van der Waals surface area (Å²) in [6.07, 6.45) is 0.387. The lowest BCUT2D eigenvalue weighted by atomic mass is 10.0. The van der Waals surface area contributed by atoms with Gasteiger partial charge in [-0.15, -0.1) is 0 Å². The molecule has 4 nitrogen and oxygen atoms in total. The molecule has 0 fully saturated rings. The third-order valence-electron chi connectivity index (χ3n) is 2.89. The van der Waals surface area contributed by atoms with Crippen LogP contribution in [0.5, 0.6) is 0 Å². The van der Waals surface area contributed by atoms with Crippen molar-refractivity contribution in [2.75, 3.05) is 0 Å². The molecule has 2 aromatic rings. The molecule has 0 saturated carbocycles. The van der Waals surface area contributed by atoms with Crippen LogP contribution in [0.1, 0.15) is 28.4 Å². The van der Waals surface area contributed by atoms with E-state index in [0.29, 0.717) is 27.4 Å². The van der Waals surface area contributed by atoms with E-state index in [-0.39, 0.29) is 11.1 Å². The van der Waals surface area contributed by atoms with E-state index >= 15 is 0 Å².